The molecule has 1 N–H and O–H groups in total. The van der Waals surface area contributed by atoms with Gasteiger partial charge in [-0.05, 0) is 18.2 Å². The van der Waals surface area contributed by atoms with Crippen molar-refractivity contribution >= 4 is 40.1 Å². The lowest BCUT2D eigenvalue weighted by Crippen LogP contribution is -2.41. The molecule has 1 aliphatic rings. The monoisotopic (exact) mass is 370 g/mol. The third-order valence-corrected chi connectivity index (χ3v) is 4.31. The smallest absolute Gasteiger partial charge is 0.349 e. The molecule has 128 valence electrons. The maximum Gasteiger partial charge on any atom is 0.349 e. The molecule has 1 saturated heterocycles. The van der Waals surface area contributed by atoms with Crippen molar-refractivity contribution in [3.8, 4) is 0 Å². The number of morpholine rings is 1. The van der Waals surface area contributed by atoms with E-state index in [1.807, 2.05) is 0 Å². The van der Waals surface area contributed by atoms with Gasteiger partial charge in [-0.25, -0.2) is 4.79 Å². The van der Waals surface area contributed by atoms with E-state index in [9.17, 15) is 9.59 Å². The Bertz CT molecular complexity index is 816. The first-order chi connectivity index (χ1) is 11.5. The molecular formula is C16H16Cl2N2O4. The van der Waals surface area contributed by atoms with Crippen molar-refractivity contribution in [1.29, 1.82) is 0 Å². The van der Waals surface area contributed by atoms with Crippen LogP contribution in [0.1, 0.15) is 10.4 Å². The summed E-state index contributed by atoms with van der Waals surface area (Å²) in [6.07, 6.45) is 0. The standard InChI is InChI=1S/C16H16Cl2N2O4/c17-11-7-10-8-12(16(22)24-14(10)13(18)9-11)15(21)19-1-2-20-3-5-23-6-4-20/h7-9H,1-6H2,(H,19,21). The number of hydrogen-bond donors (Lipinski definition) is 1. The molecule has 3 rings (SSSR count). The van der Waals surface area contributed by atoms with E-state index in [0.29, 0.717) is 36.7 Å². The van der Waals surface area contributed by atoms with Crippen LogP contribution in [0.2, 0.25) is 10.0 Å². The summed E-state index contributed by atoms with van der Waals surface area (Å²) in [4.78, 5) is 26.5. The molecule has 6 nitrogen and oxygen atoms in total. The van der Waals surface area contributed by atoms with Gasteiger partial charge < -0.3 is 14.5 Å². The largest absolute Gasteiger partial charge is 0.421 e. The van der Waals surface area contributed by atoms with E-state index in [-0.39, 0.29) is 16.2 Å². The number of nitrogens with one attached hydrogen (secondary N) is 1. The van der Waals surface area contributed by atoms with E-state index in [4.69, 9.17) is 32.4 Å². The Morgan fingerprint density at radius 2 is 1.96 bits per heavy atom. The first kappa shape index (κ1) is 17.2. The van der Waals surface area contributed by atoms with Gasteiger partial charge in [-0.1, -0.05) is 23.2 Å². The molecule has 1 amide bonds. The van der Waals surface area contributed by atoms with Crippen LogP contribution in [0, 0.1) is 0 Å². The highest BCUT2D eigenvalue weighted by Crippen LogP contribution is 2.27. The van der Waals surface area contributed by atoms with Crippen molar-refractivity contribution in [2.45, 2.75) is 0 Å². The number of nitrogens with zero attached hydrogens (tertiary/aromatic N) is 1. The number of benzene rings is 1. The molecule has 0 bridgehead atoms. The Morgan fingerprint density at radius 3 is 2.71 bits per heavy atom. The second-order valence-electron chi connectivity index (χ2n) is 5.46. The molecule has 2 aromatic rings. The van der Waals surface area contributed by atoms with Crippen LogP contribution in [0.3, 0.4) is 0 Å². The molecule has 0 spiro atoms. The Labute approximate surface area is 148 Å². The molecule has 8 heteroatoms. The Hall–Kier alpha value is -1.60. The lowest BCUT2D eigenvalue weighted by molar-refractivity contribution is 0.0383. The molecule has 0 atom stereocenters. The number of fused-ring (bicyclic) bond motifs is 1. The number of carbonyl (C=O) groups excluding carboxylic acids is 1. The number of amides is 1. The lowest BCUT2D eigenvalue weighted by atomic mass is 10.2. The minimum absolute atomic E-state index is 0.0668. The lowest BCUT2D eigenvalue weighted by Gasteiger charge is -2.26. The van der Waals surface area contributed by atoms with Crippen LogP contribution in [0.5, 0.6) is 0 Å². The van der Waals surface area contributed by atoms with Gasteiger partial charge in [-0.3, -0.25) is 9.69 Å². The van der Waals surface area contributed by atoms with E-state index in [2.05, 4.69) is 10.2 Å². The number of halogens is 2. The summed E-state index contributed by atoms with van der Waals surface area (Å²) < 4.78 is 10.4. The summed E-state index contributed by atoms with van der Waals surface area (Å²) in [5.74, 6) is -0.477. The summed E-state index contributed by atoms with van der Waals surface area (Å²) in [6, 6.07) is 4.52. The van der Waals surface area contributed by atoms with Gasteiger partial charge in [-0.15, -0.1) is 0 Å². The predicted molar refractivity (Wildman–Crippen MR) is 92.1 cm³/mol. The highest BCUT2D eigenvalue weighted by atomic mass is 35.5. The average Bonchev–Trinajstić information content (AvgIpc) is 2.56. The Kier molecular flexibility index (Phi) is 5.40. The van der Waals surface area contributed by atoms with E-state index in [1.165, 1.54) is 12.1 Å². The third kappa shape index (κ3) is 3.89. The molecular weight excluding hydrogens is 355 g/mol. The fraction of sp³-hybridized carbons (Fsp3) is 0.375. The van der Waals surface area contributed by atoms with Gasteiger partial charge in [0.05, 0.1) is 18.2 Å². The Morgan fingerprint density at radius 1 is 1.21 bits per heavy atom. The highest BCUT2D eigenvalue weighted by Gasteiger charge is 2.16. The van der Waals surface area contributed by atoms with E-state index in [0.717, 1.165) is 13.1 Å². The zero-order valence-corrected chi connectivity index (χ0v) is 14.3. The average molecular weight is 371 g/mol. The van der Waals surface area contributed by atoms with Crippen molar-refractivity contribution in [2.24, 2.45) is 0 Å². The molecule has 0 radical (unpaired) electrons. The van der Waals surface area contributed by atoms with Crippen molar-refractivity contribution in [2.75, 3.05) is 39.4 Å². The van der Waals surface area contributed by atoms with Crippen LogP contribution >= 0.6 is 23.2 Å². The van der Waals surface area contributed by atoms with E-state index in [1.54, 1.807) is 6.07 Å². The molecule has 1 aliphatic heterocycles. The molecule has 0 saturated carbocycles. The summed E-state index contributed by atoms with van der Waals surface area (Å²) in [5.41, 5.74) is -0.575. The van der Waals surface area contributed by atoms with Crippen LogP contribution in [-0.2, 0) is 4.74 Å². The van der Waals surface area contributed by atoms with Crippen LogP contribution in [0.15, 0.2) is 27.4 Å². The normalized spacial score (nSPS) is 15.6. The quantitative estimate of drug-likeness (QED) is 0.834. The predicted octanol–water partition coefficient (Wildman–Crippen LogP) is 2.16. The topological polar surface area (TPSA) is 71.8 Å². The second kappa shape index (κ2) is 7.53. The third-order valence-electron chi connectivity index (χ3n) is 3.81. The second-order valence-corrected chi connectivity index (χ2v) is 6.31. The number of rotatable bonds is 4. The van der Waals surface area contributed by atoms with Gasteiger partial charge >= 0.3 is 5.63 Å². The molecule has 0 unspecified atom stereocenters. The van der Waals surface area contributed by atoms with Crippen molar-refractivity contribution in [3.05, 3.63) is 44.2 Å². The first-order valence-electron chi connectivity index (χ1n) is 7.56. The Balaban J connectivity index is 1.72. The van der Waals surface area contributed by atoms with Crippen LogP contribution < -0.4 is 10.9 Å². The van der Waals surface area contributed by atoms with Gasteiger partial charge in [0.2, 0.25) is 0 Å². The van der Waals surface area contributed by atoms with Crippen LogP contribution in [-0.4, -0.2) is 50.2 Å². The number of hydrogen-bond acceptors (Lipinski definition) is 5. The van der Waals surface area contributed by atoms with Crippen molar-refractivity contribution in [1.82, 2.24) is 10.2 Å². The minimum atomic E-state index is -0.726. The van der Waals surface area contributed by atoms with Crippen LogP contribution in [0.25, 0.3) is 11.0 Å². The fourth-order valence-corrected chi connectivity index (χ4v) is 3.11. The summed E-state index contributed by atoms with van der Waals surface area (Å²) >= 11 is 11.9. The first-order valence-corrected chi connectivity index (χ1v) is 8.31. The van der Waals surface area contributed by atoms with Gasteiger partial charge in [0.25, 0.3) is 5.91 Å². The zero-order chi connectivity index (χ0) is 17.1. The van der Waals surface area contributed by atoms with Gasteiger partial charge in [0, 0.05) is 36.6 Å². The van der Waals surface area contributed by atoms with Gasteiger partial charge in [0.15, 0.2) is 5.58 Å². The maximum atomic E-state index is 12.2. The van der Waals surface area contributed by atoms with Gasteiger partial charge in [0.1, 0.15) is 5.56 Å². The zero-order valence-electron chi connectivity index (χ0n) is 12.8. The SMILES string of the molecule is O=C(NCCN1CCOCC1)c1cc2cc(Cl)cc(Cl)c2oc1=O. The van der Waals surface area contributed by atoms with E-state index >= 15 is 0 Å². The molecule has 0 aliphatic carbocycles. The number of ether oxygens (including phenoxy) is 1. The highest BCUT2D eigenvalue weighted by molar-refractivity contribution is 6.38. The molecule has 1 aromatic heterocycles. The molecule has 1 aromatic carbocycles. The van der Waals surface area contributed by atoms with Crippen molar-refractivity contribution < 1.29 is 13.9 Å². The summed E-state index contributed by atoms with van der Waals surface area (Å²) in [6.45, 7) is 4.21. The molecule has 2 heterocycles. The summed E-state index contributed by atoms with van der Waals surface area (Å²) in [5, 5.41) is 3.87. The maximum absolute atomic E-state index is 12.2. The minimum Gasteiger partial charge on any atom is -0.421 e. The molecule has 24 heavy (non-hydrogen) atoms. The van der Waals surface area contributed by atoms with Gasteiger partial charge in [-0.2, -0.15) is 0 Å². The van der Waals surface area contributed by atoms with Crippen molar-refractivity contribution in [3.63, 3.8) is 0 Å². The summed E-state index contributed by atoms with van der Waals surface area (Å²) in [7, 11) is 0. The number of carbonyl (C=O) groups is 1. The fourth-order valence-electron chi connectivity index (χ4n) is 2.56. The van der Waals surface area contributed by atoms with Crippen LogP contribution in [0.4, 0.5) is 0 Å². The molecule has 1 fully saturated rings. The van der Waals surface area contributed by atoms with E-state index < -0.39 is 11.5 Å².